The molecule has 252 valence electrons. The summed E-state index contributed by atoms with van der Waals surface area (Å²) in [5.74, 6) is 1.36. The first-order valence-corrected chi connectivity index (χ1v) is 17.8. The molecule has 2 N–H and O–H groups in total. The van der Waals surface area contributed by atoms with Crippen molar-refractivity contribution in [3.05, 3.63) is 88.5 Å². The molecule has 2 atom stereocenters. The lowest BCUT2D eigenvalue weighted by atomic mass is 9.92. The van der Waals surface area contributed by atoms with E-state index in [4.69, 9.17) is 9.84 Å². The zero-order chi connectivity index (χ0) is 34.2. The van der Waals surface area contributed by atoms with Gasteiger partial charge in [0.15, 0.2) is 0 Å². The summed E-state index contributed by atoms with van der Waals surface area (Å²) < 4.78 is 5.79. The Kier molecular flexibility index (Phi) is 16.7. The van der Waals surface area contributed by atoms with Crippen LogP contribution in [0.15, 0.2) is 60.7 Å². The summed E-state index contributed by atoms with van der Waals surface area (Å²) >= 11 is 0.796. The van der Waals surface area contributed by atoms with Gasteiger partial charge in [-0.3, -0.25) is 9.69 Å². The van der Waals surface area contributed by atoms with Crippen LogP contribution in [0.5, 0.6) is 5.75 Å². The average molecular weight is 650 g/mol. The van der Waals surface area contributed by atoms with E-state index < -0.39 is 5.30 Å². The molecule has 1 aliphatic heterocycles. The van der Waals surface area contributed by atoms with E-state index in [1.807, 2.05) is 20.8 Å². The zero-order valence-electron chi connectivity index (χ0n) is 29.4. The van der Waals surface area contributed by atoms with Crippen molar-refractivity contribution < 1.29 is 19.4 Å². The van der Waals surface area contributed by atoms with Crippen LogP contribution in [0.1, 0.15) is 87.7 Å². The molecule has 1 amide bonds. The van der Waals surface area contributed by atoms with Gasteiger partial charge in [0.2, 0.25) is 5.91 Å². The summed E-state index contributed by atoms with van der Waals surface area (Å²) in [7, 11) is 2.12. The van der Waals surface area contributed by atoms with Gasteiger partial charge in [-0.2, -0.15) is 0 Å². The summed E-state index contributed by atoms with van der Waals surface area (Å²) in [6.07, 6.45) is 4.29. The number of thioether (sulfide) groups is 1. The Hall–Kier alpha value is -3.49. The van der Waals surface area contributed by atoms with E-state index in [0.717, 1.165) is 61.1 Å². The SMILES string of the molecule is CC.CCOc1ccc(C2CC(c3ccc(N(C)CC)cc3)N(CC(=O)Nc3c(CC)cccc3CC)C2)cc1C.CSC(=O)O. The van der Waals surface area contributed by atoms with Crippen LogP contribution in [0.4, 0.5) is 16.2 Å². The number of benzene rings is 3. The van der Waals surface area contributed by atoms with Gasteiger partial charge in [-0.25, -0.2) is 4.79 Å². The van der Waals surface area contributed by atoms with Gasteiger partial charge in [-0.1, -0.05) is 70.2 Å². The van der Waals surface area contributed by atoms with E-state index in [2.05, 4.69) is 111 Å². The number of anilines is 2. The van der Waals surface area contributed by atoms with Crippen molar-refractivity contribution in [1.82, 2.24) is 4.90 Å². The minimum atomic E-state index is -0.829. The predicted octanol–water partition coefficient (Wildman–Crippen LogP) is 9.20. The maximum absolute atomic E-state index is 13.5. The molecule has 1 heterocycles. The van der Waals surface area contributed by atoms with Crippen molar-refractivity contribution in [1.29, 1.82) is 0 Å². The molecular weight excluding hydrogens is 595 g/mol. The van der Waals surface area contributed by atoms with Crippen molar-refractivity contribution in [2.24, 2.45) is 0 Å². The normalized spacial score (nSPS) is 15.6. The molecule has 7 nitrogen and oxygen atoms in total. The highest BCUT2D eigenvalue weighted by Crippen LogP contribution is 2.41. The van der Waals surface area contributed by atoms with Crippen molar-refractivity contribution >= 4 is 34.3 Å². The van der Waals surface area contributed by atoms with Gasteiger partial charge in [0.05, 0.1) is 13.2 Å². The fourth-order valence-electron chi connectivity index (χ4n) is 5.81. The number of aryl methyl sites for hydroxylation is 3. The Labute approximate surface area is 281 Å². The molecule has 8 heteroatoms. The second-order valence-electron chi connectivity index (χ2n) is 11.1. The van der Waals surface area contributed by atoms with Crippen molar-refractivity contribution in [3.63, 3.8) is 0 Å². The lowest BCUT2D eigenvalue weighted by Gasteiger charge is -2.25. The number of carbonyl (C=O) groups excluding carboxylic acids is 1. The van der Waals surface area contributed by atoms with Gasteiger partial charge in [0.25, 0.3) is 0 Å². The Bertz CT molecular complexity index is 1360. The molecule has 0 aliphatic carbocycles. The summed E-state index contributed by atoms with van der Waals surface area (Å²) in [6.45, 7) is 17.4. The van der Waals surface area contributed by atoms with Gasteiger partial charge < -0.3 is 20.1 Å². The van der Waals surface area contributed by atoms with E-state index in [-0.39, 0.29) is 11.9 Å². The third-order valence-corrected chi connectivity index (χ3v) is 8.70. The van der Waals surface area contributed by atoms with Crippen LogP contribution in [0.3, 0.4) is 0 Å². The van der Waals surface area contributed by atoms with Crippen molar-refractivity contribution in [2.45, 2.75) is 79.7 Å². The maximum Gasteiger partial charge on any atom is 0.364 e. The molecular formula is C38H55N3O4S. The second kappa shape index (κ2) is 19.9. The van der Waals surface area contributed by atoms with E-state index in [9.17, 15) is 9.59 Å². The predicted molar refractivity (Wildman–Crippen MR) is 196 cm³/mol. The van der Waals surface area contributed by atoms with Crippen LogP contribution in [0.2, 0.25) is 0 Å². The molecule has 0 spiro atoms. The van der Waals surface area contributed by atoms with Crippen LogP contribution in [-0.2, 0) is 17.6 Å². The Morgan fingerprint density at radius 1 is 0.978 bits per heavy atom. The first-order valence-electron chi connectivity index (χ1n) is 16.6. The highest BCUT2D eigenvalue weighted by atomic mass is 32.2. The maximum atomic E-state index is 13.5. The Morgan fingerprint density at radius 2 is 1.57 bits per heavy atom. The molecule has 0 bridgehead atoms. The average Bonchev–Trinajstić information content (AvgIpc) is 3.50. The van der Waals surface area contributed by atoms with Crippen LogP contribution in [-0.4, -0.2) is 60.8 Å². The van der Waals surface area contributed by atoms with E-state index in [0.29, 0.717) is 19.1 Å². The number of nitrogens with zero attached hydrogens (tertiary/aromatic N) is 2. The van der Waals surface area contributed by atoms with Crippen LogP contribution >= 0.6 is 11.8 Å². The van der Waals surface area contributed by atoms with Gasteiger partial charge >= 0.3 is 5.30 Å². The van der Waals surface area contributed by atoms with E-state index in [1.54, 1.807) is 0 Å². The van der Waals surface area contributed by atoms with Crippen molar-refractivity contribution in [2.75, 3.05) is 49.8 Å². The fourth-order valence-corrected chi connectivity index (χ4v) is 5.81. The number of para-hydroxylation sites is 1. The number of hydrogen-bond donors (Lipinski definition) is 2. The molecule has 1 aliphatic rings. The highest BCUT2D eigenvalue weighted by Gasteiger charge is 2.35. The van der Waals surface area contributed by atoms with Crippen LogP contribution in [0, 0.1) is 6.92 Å². The number of ether oxygens (including phenoxy) is 1. The fraction of sp³-hybridized carbons (Fsp3) is 0.474. The summed E-state index contributed by atoms with van der Waals surface area (Å²) in [6, 6.07) is 22.0. The summed E-state index contributed by atoms with van der Waals surface area (Å²) in [4.78, 5) is 27.4. The van der Waals surface area contributed by atoms with Gasteiger partial charge in [0.1, 0.15) is 5.75 Å². The Balaban J connectivity index is 0.000000959. The molecule has 46 heavy (non-hydrogen) atoms. The second-order valence-corrected chi connectivity index (χ2v) is 11.9. The van der Waals surface area contributed by atoms with E-state index in [1.165, 1.54) is 34.2 Å². The zero-order valence-corrected chi connectivity index (χ0v) is 30.2. The van der Waals surface area contributed by atoms with Gasteiger partial charge in [0, 0.05) is 37.6 Å². The first-order chi connectivity index (χ1) is 22.1. The smallest absolute Gasteiger partial charge is 0.364 e. The summed E-state index contributed by atoms with van der Waals surface area (Å²) in [5, 5.41) is 10.1. The van der Waals surface area contributed by atoms with Crippen LogP contribution in [0.25, 0.3) is 0 Å². The molecule has 2 unspecified atom stereocenters. The molecule has 3 aromatic carbocycles. The third kappa shape index (κ3) is 10.8. The number of hydrogen-bond acceptors (Lipinski definition) is 6. The molecule has 4 rings (SSSR count). The summed E-state index contributed by atoms with van der Waals surface area (Å²) in [5.41, 5.74) is 8.34. The highest BCUT2D eigenvalue weighted by molar-refractivity contribution is 8.12. The number of rotatable bonds is 11. The monoisotopic (exact) mass is 649 g/mol. The first kappa shape index (κ1) is 38.7. The quantitative estimate of drug-likeness (QED) is 0.214. The van der Waals surface area contributed by atoms with Crippen LogP contribution < -0.4 is 15.0 Å². The minimum Gasteiger partial charge on any atom is -0.494 e. The third-order valence-electron chi connectivity index (χ3n) is 8.35. The number of likely N-dealkylation sites (tertiary alicyclic amines) is 1. The standard InChI is InChI=1S/C34H45N3O2.C2H4O2S.C2H6/c1-7-25-12-11-13-26(8-2)34(25)35-33(38)23-37-22-29(28-16-19-32(39-10-4)24(5)20-28)21-31(37)27-14-17-30(18-15-27)36(6)9-3;1-5-2(3)4;1-2/h11-20,29,31H,7-10,21-23H2,1-6H3,(H,35,38);1H3,(H,3,4);1-2H3. The number of carbonyl (C=O) groups is 2. The number of nitrogens with one attached hydrogen (secondary N) is 1. The number of amides is 1. The van der Waals surface area contributed by atoms with E-state index >= 15 is 0 Å². The number of carboxylic acid groups (broad SMARTS) is 1. The lowest BCUT2D eigenvalue weighted by molar-refractivity contribution is -0.117. The molecule has 0 aromatic heterocycles. The lowest BCUT2D eigenvalue weighted by Crippen LogP contribution is -2.33. The molecule has 1 fully saturated rings. The Morgan fingerprint density at radius 3 is 2.07 bits per heavy atom. The van der Waals surface area contributed by atoms with Crippen molar-refractivity contribution in [3.8, 4) is 5.75 Å². The largest absolute Gasteiger partial charge is 0.494 e. The minimum absolute atomic E-state index is 0.0569. The molecule has 3 aromatic rings. The van der Waals surface area contributed by atoms with Gasteiger partial charge in [-0.15, -0.1) is 0 Å². The molecule has 1 saturated heterocycles. The molecule has 0 radical (unpaired) electrons. The topological polar surface area (TPSA) is 82.1 Å². The molecule has 0 saturated carbocycles. The van der Waals surface area contributed by atoms with Gasteiger partial charge in [-0.05, 0) is 110 Å².